The number of ether oxygens (including phenoxy) is 1. The fraction of sp³-hybridized carbons (Fsp3) is 0.750. The van der Waals surface area contributed by atoms with E-state index in [2.05, 4.69) is 9.58 Å². The number of rotatable bonds is 1. The summed E-state index contributed by atoms with van der Waals surface area (Å²) in [4.78, 5) is 3.03. The van der Waals surface area contributed by atoms with Crippen molar-refractivity contribution in [3.8, 4) is 0 Å². The second-order valence-corrected chi connectivity index (χ2v) is 0.964. The van der Waals surface area contributed by atoms with Crippen molar-refractivity contribution in [1.82, 2.24) is 0 Å². The highest BCUT2D eigenvalue weighted by Crippen LogP contribution is 1.84. The minimum Gasteiger partial charge on any atom is -0.314 e. The summed E-state index contributed by atoms with van der Waals surface area (Å²) >= 11 is 0. The Kier molecular flexibility index (Phi) is 2.43. The van der Waals surface area contributed by atoms with Crippen LogP contribution in [0.15, 0.2) is 0 Å². The molecule has 0 spiro atoms. The molecule has 0 aromatic heterocycles. The van der Waals surface area contributed by atoms with E-state index in [0.717, 1.165) is 0 Å². The maximum absolute atomic E-state index is 6.31. The summed E-state index contributed by atoms with van der Waals surface area (Å²) in [6.45, 7) is 8.01. The molecule has 0 N–H and O–H groups in total. The number of nitrogens with zero attached hydrogens (tertiary/aromatic N) is 1. The highest BCUT2D eigenvalue weighted by atomic mass is 16.5. The molecule has 0 aromatic carbocycles. The molecular formula is C4H7NO. The van der Waals surface area contributed by atoms with Gasteiger partial charge in [0.05, 0.1) is 0 Å². The number of methoxy groups -OCH3 is 1. The van der Waals surface area contributed by atoms with Crippen LogP contribution in [0.1, 0.15) is 6.92 Å². The van der Waals surface area contributed by atoms with Gasteiger partial charge in [0.15, 0.2) is 0 Å². The first kappa shape index (κ1) is 5.45. The zero-order chi connectivity index (χ0) is 4.99. The lowest BCUT2D eigenvalue weighted by molar-refractivity contribution is 0.154. The molecule has 0 saturated carbocycles. The smallest absolute Gasteiger partial charge is 0.314 e. The van der Waals surface area contributed by atoms with Crippen molar-refractivity contribution in [2.75, 3.05) is 7.11 Å². The summed E-state index contributed by atoms with van der Waals surface area (Å²) in [6.07, 6.45) is -0.273. The van der Waals surface area contributed by atoms with E-state index in [0.29, 0.717) is 0 Å². The Morgan fingerprint density at radius 1 is 1.83 bits per heavy atom. The summed E-state index contributed by atoms with van der Waals surface area (Å²) in [5, 5.41) is 0. The van der Waals surface area contributed by atoms with Gasteiger partial charge in [-0.05, 0) is 0 Å². The molecule has 1 unspecified atom stereocenters. The van der Waals surface area contributed by atoms with Crippen LogP contribution in [0.5, 0.6) is 0 Å². The van der Waals surface area contributed by atoms with E-state index in [4.69, 9.17) is 6.57 Å². The van der Waals surface area contributed by atoms with Gasteiger partial charge in [-0.25, -0.2) is 6.57 Å². The van der Waals surface area contributed by atoms with E-state index < -0.39 is 0 Å². The second kappa shape index (κ2) is 2.67. The van der Waals surface area contributed by atoms with Crippen molar-refractivity contribution in [2.45, 2.75) is 13.2 Å². The van der Waals surface area contributed by atoms with Crippen LogP contribution < -0.4 is 0 Å². The molecular weight excluding hydrogens is 78.0 g/mol. The monoisotopic (exact) mass is 85.1 g/mol. The molecule has 2 nitrogen and oxygen atoms in total. The van der Waals surface area contributed by atoms with E-state index in [1.165, 1.54) is 7.11 Å². The molecule has 0 amide bonds. The lowest BCUT2D eigenvalue weighted by Gasteiger charge is -1.88. The summed E-state index contributed by atoms with van der Waals surface area (Å²) in [5.41, 5.74) is 0. The molecule has 0 aromatic rings. The summed E-state index contributed by atoms with van der Waals surface area (Å²) in [7, 11) is 1.52. The molecule has 0 saturated heterocycles. The molecule has 1 atom stereocenters. The third-order valence-electron chi connectivity index (χ3n) is 0.523. The fourth-order valence-electron chi connectivity index (χ4n) is 0.0527. The standard InChI is InChI=1S/C4H7NO/c1-4(5-2)6-3/h4H,1,3H3. The Morgan fingerprint density at radius 3 is 2.33 bits per heavy atom. The number of hydrogen-bond donors (Lipinski definition) is 0. The average molecular weight is 85.1 g/mol. The molecule has 0 aliphatic carbocycles. The molecule has 0 fully saturated rings. The van der Waals surface area contributed by atoms with Crippen LogP contribution >= 0.6 is 0 Å². The van der Waals surface area contributed by atoms with E-state index in [9.17, 15) is 0 Å². The SMILES string of the molecule is [C-]#[N+]C(C)OC. The third-order valence-corrected chi connectivity index (χ3v) is 0.523. The van der Waals surface area contributed by atoms with Gasteiger partial charge in [-0.1, -0.05) is 0 Å². The Hall–Kier alpha value is -0.550. The third kappa shape index (κ3) is 1.74. The van der Waals surface area contributed by atoms with Gasteiger partial charge in [0, 0.05) is 14.0 Å². The van der Waals surface area contributed by atoms with E-state index in [-0.39, 0.29) is 6.23 Å². The van der Waals surface area contributed by atoms with Crippen molar-refractivity contribution in [3.63, 3.8) is 0 Å². The van der Waals surface area contributed by atoms with Gasteiger partial charge in [-0.15, -0.1) is 0 Å². The van der Waals surface area contributed by atoms with Crippen molar-refractivity contribution in [1.29, 1.82) is 0 Å². The van der Waals surface area contributed by atoms with E-state index in [1.54, 1.807) is 6.92 Å². The lowest BCUT2D eigenvalue weighted by atomic mass is 10.7. The van der Waals surface area contributed by atoms with Gasteiger partial charge in [0.2, 0.25) is 0 Å². The largest absolute Gasteiger partial charge is 0.324 e. The van der Waals surface area contributed by atoms with Crippen molar-refractivity contribution in [3.05, 3.63) is 11.4 Å². The Morgan fingerprint density at radius 2 is 2.33 bits per heavy atom. The van der Waals surface area contributed by atoms with Gasteiger partial charge in [-0.3, -0.25) is 4.85 Å². The van der Waals surface area contributed by atoms with Gasteiger partial charge in [-0.2, -0.15) is 0 Å². The van der Waals surface area contributed by atoms with Crippen LogP contribution in [-0.2, 0) is 4.74 Å². The summed E-state index contributed by atoms with van der Waals surface area (Å²) in [5.74, 6) is 0. The molecule has 0 bridgehead atoms. The molecule has 0 radical (unpaired) electrons. The predicted molar refractivity (Wildman–Crippen MR) is 23.1 cm³/mol. The Bertz CT molecular complexity index is 64.4. The van der Waals surface area contributed by atoms with Crippen molar-refractivity contribution < 1.29 is 4.74 Å². The molecule has 34 valence electrons. The fourth-order valence-corrected chi connectivity index (χ4v) is 0.0527. The predicted octanol–water partition coefficient (Wildman–Crippen LogP) is 0.898. The molecule has 0 aliphatic heterocycles. The van der Waals surface area contributed by atoms with Crippen LogP contribution in [0, 0.1) is 6.57 Å². The van der Waals surface area contributed by atoms with Crippen LogP contribution in [0.2, 0.25) is 0 Å². The maximum atomic E-state index is 6.31. The zero-order valence-corrected chi connectivity index (χ0v) is 3.93. The van der Waals surface area contributed by atoms with E-state index in [1.807, 2.05) is 0 Å². The molecule has 6 heavy (non-hydrogen) atoms. The molecule has 0 heterocycles. The number of hydrogen-bond acceptors (Lipinski definition) is 1. The van der Waals surface area contributed by atoms with E-state index >= 15 is 0 Å². The molecule has 0 rings (SSSR count). The summed E-state index contributed by atoms with van der Waals surface area (Å²) < 4.78 is 4.55. The maximum Gasteiger partial charge on any atom is 0.324 e. The minimum atomic E-state index is -0.273. The average Bonchev–Trinajstić information content (AvgIpc) is 1.65. The van der Waals surface area contributed by atoms with Crippen LogP contribution in [0.25, 0.3) is 4.85 Å². The first-order valence-electron chi connectivity index (χ1n) is 1.70. The quantitative estimate of drug-likeness (QED) is 0.431. The van der Waals surface area contributed by atoms with Crippen molar-refractivity contribution >= 4 is 0 Å². The summed E-state index contributed by atoms with van der Waals surface area (Å²) in [6, 6.07) is 0. The van der Waals surface area contributed by atoms with Gasteiger partial charge in [0.1, 0.15) is 0 Å². The van der Waals surface area contributed by atoms with Gasteiger partial charge >= 0.3 is 6.23 Å². The van der Waals surface area contributed by atoms with Crippen LogP contribution in [0.4, 0.5) is 0 Å². The normalized spacial score (nSPS) is 12.8. The molecule has 2 heteroatoms. The van der Waals surface area contributed by atoms with Crippen LogP contribution in [0.3, 0.4) is 0 Å². The van der Waals surface area contributed by atoms with Gasteiger partial charge < -0.3 is 4.74 Å². The zero-order valence-electron chi connectivity index (χ0n) is 3.93. The second-order valence-electron chi connectivity index (χ2n) is 0.964. The topological polar surface area (TPSA) is 13.6 Å². The lowest BCUT2D eigenvalue weighted by Crippen LogP contribution is -1.94. The van der Waals surface area contributed by atoms with Crippen LogP contribution in [-0.4, -0.2) is 13.3 Å². The highest BCUT2D eigenvalue weighted by Gasteiger charge is 1.93. The Labute approximate surface area is 37.6 Å². The first-order chi connectivity index (χ1) is 2.81. The minimum absolute atomic E-state index is 0.273. The van der Waals surface area contributed by atoms with Gasteiger partial charge in [0.25, 0.3) is 0 Å². The molecule has 0 aliphatic rings. The first-order valence-corrected chi connectivity index (χ1v) is 1.70. The Balaban J connectivity index is 3.04. The van der Waals surface area contributed by atoms with Crippen molar-refractivity contribution in [2.24, 2.45) is 0 Å². The highest BCUT2D eigenvalue weighted by molar-refractivity contribution is 4.58.